The van der Waals surface area contributed by atoms with Crippen LogP contribution in [0.2, 0.25) is 0 Å². The average molecular weight is 779 g/mol. The fraction of sp³-hybridized carbons (Fsp3) is 0.0526. The third kappa shape index (κ3) is 10.6. The summed E-state index contributed by atoms with van der Waals surface area (Å²) < 4.78 is 73.7. The number of nitro groups is 1. The number of nitrogens with zero attached hydrogens (tertiary/aromatic N) is 5. The summed E-state index contributed by atoms with van der Waals surface area (Å²) in [6.45, 7) is 0. The molecule has 0 aliphatic carbocycles. The lowest BCUT2D eigenvalue weighted by molar-refractivity contribution is -0.383. The van der Waals surface area contributed by atoms with Gasteiger partial charge < -0.3 is 5.73 Å². The van der Waals surface area contributed by atoms with Gasteiger partial charge in [-0.25, -0.2) is 31.0 Å². The number of pyridine rings is 4. The number of hydrogen-bond donors (Lipinski definition) is 1. The van der Waals surface area contributed by atoms with Gasteiger partial charge in [-0.1, -0.05) is 39.1 Å². The van der Waals surface area contributed by atoms with Crippen LogP contribution in [0.5, 0.6) is 0 Å². The Hall–Kier alpha value is -6.32. The zero-order valence-electron chi connectivity index (χ0n) is 26.4. The summed E-state index contributed by atoms with van der Waals surface area (Å²) in [6, 6.07) is 24.9. The number of aromatic nitrogens is 4. The molecule has 16 heteroatoms. The van der Waals surface area contributed by atoms with E-state index in [9.17, 15) is 36.1 Å². The summed E-state index contributed by atoms with van der Waals surface area (Å²) in [7, 11) is 1.19. The fourth-order valence-electron chi connectivity index (χ4n) is 4.82. The van der Waals surface area contributed by atoms with E-state index >= 15 is 0 Å². The van der Waals surface area contributed by atoms with Gasteiger partial charge in [-0.3, -0.25) is 25.1 Å². The first-order valence-electron chi connectivity index (χ1n) is 14.8. The Labute approximate surface area is 311 Å². The van der Waals surface area contributed by atoms with Crippen LogP contribution in [0.3, 0.4) is 0 Å². The minimum atomic E-state index is -3.98. The van der Waals surface area contributed by atoms with Crippen molar-refractivity contribution in [3.63, 3.8) is 0 Å². The predicted molar refractivity (Wildman–Crippen MR) is 204 cm³/mol. The van der Waals surface area contributed by atoms with E-state index in [0.29, 0.717) is 22.0 Å². The van der Waals surface area contributed by atoms with E-state index in [4.69, 9.17) is 16.4 Å². The number of anilines is 1. The molecule has 0 aliphatic rings. The topological polar surface area (TPSA) is 155 Å². The molecular formula is C38H31ClF4N6O4S. The molecule has 0 amide bonds. The maximum absolute atomic E-state index is 13.1. The van der Waals surface area contributed by atoms with Crippen molar-refractivity contribution in [2.45, 2.75) is 19.7 Å². The smallest absolute Gasteiger partial charge is 0.298 e. The molecule has 8 rings (SSSR count). The van der Waals surface area contributed by atoms with E-state index < -0.39 is 25.6 Å². The molecule has 4 heterocycles. The quantitative estimate of drug-likeness (QED) is 0.0593. The normalized spacial score (nSPS) is 10.4. The van der Waals surface area contributed by atoms with Crippen molar-refractivity contribution in [2.24, 2.45) is 0 Å². The minimum Gasteiger partial charge on any atom is -0.397 e. The second kappa shape index (κ2) is 18.4. The summed E-state index contributed by atoms with van der Waals surface area (Å²) >= 11 is 0. The molecule has 2 N–H and O–H groups in total. The molecule has 54 heavy (non-hydrogen) atoms. The molecule has 0 spiro atoms. The van der Waals surface area contributed by atoms with Crippen LogP contribution in [0, 0.1) is 33.4 Å². The van der Waals surface area contributed by atoms with Gasteiger partial charge in [0.15, 0.2) is 0 Å². The first-order chi connectivity index (χ1) is 24.8. The third-order valence-corrected chi connectivity index (χ3v) is 8.34. The van der Waals surface area contributed by atoms with Gasteiger partial charge in [0.1, 0.15) is 33.7 Å². The van der Waals surface area contributed by atoms with E-state index in [2.05, 4.69) is 19.9 Å². The maximum atomic E-state index is 13.1. The molecule has 10 nitrogen and oxygen atoms in total. The molecule has 0 aliphatic heterocycles. The molecule has 8 aromatic rings. The lowest BCUT2D eigenvalue weighted by Crippen LogP contribution is -1.95. The number of rotatable bonds is 2. The molecule has 0 fully saturated rings. The van der Waals surface area contributed by atoms with Crippen LogP contribution in [0.25, 0.3) is 43.6 Å². The van der Waals surface area contributed by atoms with Crippen LogP contribution in [0.4, 0.5) is 28.9 Å². The first-order valence-corrected chi connectivity index (χ1v) is 17.1. The number of fused-ring (bicyclic) bond motifs is 4. The van der Waals surface area contributed by atoms with Gasteiger partial charge in [0, 0.05) is 57.0 Å². The molecule has 0 radical (unpaired) electrons. The summed E-state index contributed by atoms with van der Waals surface area (Å²) in [6.07, 6.45) is 6.19. The van der Waals surface area contributed by atoms with Crippen molar-refractivity contribution < 1.29 is 30.9 Å². The van der Waals surface area contributed by atoms with Gasteiger partial charge in [-0.15, -0.1) is 0 Å². The van der Waals surface area contributed by atoms with Crippen molar-refractivity contribution in [2.75, 3.05) is 5.73 Å². The Balaban J connectivity index is 0.000000192. The van der Waals surface area contributed by atoms with Crippen molar-refractivity contribution in [3.8, 4) is 0 Å². The number of halogens is 5. The SMILES string of the molecule is C.C.Fc1ccc2ncccc2c1.Nc1cc(F)cc2cccnc12.O=S(=O)(Cl)c1cc(F)cc2cccnc12.O=[N+]([O-])c1cc(F)cc2cccnc12. The maximum Gasteiger partial charge on any atom is 0.298 e. The van der Waals surface area contributed by atoms with Crippen LogP contribution >= 0.6 is 10.7 Å². The highest BCUT2D eigenvalue weighted by Gasteiger charge is 2.17. The fourth-order valence-corrected chi connectivity index (χ4v) is 5.82. The van der Waals surface area contributed by atoms with Gasteiger partial charge in [0.25, 0.3) is 14.7 Å². The number of nitrogens with two attached hydrogens (primary N) is 1. The molecule has 4 aromatic carbocycles. The van der Waals surface area contributed by atoms with E-state index in [0.717, 1.165) is 28.4 Å². The van der Waals surface area contributed by atoms with Crippen LogP contribution in [0.15, 0.2) is 133 Å². The van der Waals surface area contributed by atoms with Crippen LogP contribution < -0.4 is 5.73 Å². The second-order valence-corrected chi connectivity index (χ2v) is 13.1. The van der Waals surface area contributed by atoms with Gasteiger partial charge >= 0.3 is 0 Å². The van der Waals surface area contributed by atoms with E-state index in [1.165, 1.54) is 48.8 Å². The zero-order chi connectivity index (χ0) is 37.4. The highest BCUT2D eigenvalue weighted by molar-refractivity contribution is 8.14. The number of nitro benzene ring substituents is 1. The highest BCUT2D eigenvalue weighted by Crippen LogP contribution is 2.26. The Kier molecular flexibility index (Phi) is 14.4. The van der Waals surface area contributed by atoms with Crippen LogP contribution in [-0.2, 0) is 9.05 Å². The first kappa shape index (κ1) is 42.1. The summed E-state index contributed by atoms with van der Waals surface area (Å²) in [5.41, 5.74) is 7.49. The monoisotopic (exact) mass is 778 g/mol. The van der Waals surface area contributed by atoms with Crippen molar-refractivity contribution in [1.29, 1.82) is 0 Å². The molecule has 0 saturated carbocycles. The van der Waals surface area contributed by atoms with Crippen LogP contribution in [-0.4, -0.2) is 33.3 Å². The Morgan fingerprint density at radius 2 is 1.02 bits per heavy atom. The third-order valence-electron chi connectivity index (χ3n) is 7.01. The molecule has 0 atom stereocenters. The number of non-ortho nitro benzene ring substituents is 1. The highest BCUT2D eigenvalue weighted by atomic mass is 35.7. The molecular weight excluding hydrogens is 748 g/mol. The van der Waals surface area contributed by atoms with Gasteiger partial charge in [-0.05, 0) is 72.8 Å². The van der Waals surface area contributed by atoms with Gasteiger partial charge in [0.2, 0.25) is 0 Å². The molecule has 4 aromatic heterocycles. The number of benzene rings is 4. The molecule has 0 saturated heterocycles. The zero-order valence-corrected chi connectivity index (χ0v) is 27.9. The summed E-state index contributed by atoms with van der Waals surface area (Å²) in [5, 5.41) is 13.0. The summed E-state index contributed by atoms with van der Waals surface area (Å²) in [4.78, 5) is 25.4. The van der Waals surface area contributed by atoms with Crippen molar-refractivity contribution >= 4 is 74.7 Å². The van der Waals surface area contributed by atoms with Crippen LogP contribution in [0.1, 0.15) is 14.9 Å². The minimum absolute atomic E-state index is 0. The van der Waals surface area contributed by atoms with E-state index in [-0.39, 0.29) is 48.1 Å². The van der Waals surface area contributed by atoms with Gasteiger partial charge in [0.05, 0.1) is 33.2 Å². The Morgan fingerprint density at radius 3 is 1.59 bits per heavy atom. The summed E-state index contributed by atoms with van der Waals surface area (Å²) in [5.74, 6) is -1.83. The Bertz CT molecular complexity index is 2690. The predicted octanol–water partition coefficient (Wildman–Crippen LogP) is 10.2. The standard InChI is InChI=1S/C9H5ClFNO2S.C9H5FN2O2.C9H7FN2.C9H6FN.2CH4/c10-15(13,14)8-5-7(11)4-6-2-1-3-12-9(6)8;10-7-4-6-2-1-3-11-9(6)8(5-7)12(13)14;10-7-4-6-2-1-3-12-9(6)8(11)5-7;10-8-3-4-9-7(6-8)2-1-5-11-9;;/h1-5H;1-5H;1-5H,11H2;1-6H;2*1H4. The Morgan fingerprint density at radius 1 is 0.574 bits per heavy atom. The van der Waals surface area contributed by atoms with Crippen molar-refractivity contribution in [1.82, 2.24) is 19.9 Å². The number of hydrogen-bond acceptors (Lipinski definition) is 9. The van der Waals surface area contributed by atoms with E-state index in [1.807, 2.05) is 6.07 Å². The molecule has 0 bridgehead atoms. The van der Waals surface area contributed by atoms with Crippen molar-refractivity contribution in [3.05, 3.63) is 161 Å². The largest absolute Gasteiger partial charge is 0.397 e. The lowest BCUT2D eigenvalue weighted by Gasteiger charge is -2.02. The lowest BCUT2D eigenvalue weighted by atomic mass is 10.2. The molecule has 0 unspecified atom stereocenters. The number of nitrogen functional groups attached to an aromatic ring is 1. The van der Waals surface area contributed by atoms with Gasteiger partial charge in [-0.2, -0.15) is 0 Å². The van der Waals surface area contributed by atoms with E-state index in [1.54, 1.807) is 60.9 Å². The average Bonchev–Trinajstić information content (AvgIpc) is 3.11. The second-order valence-electron chi connectivity index (χ2n) is 10.6. The molecule has 278 valence electrons.